The van der Waals surface area contributed by atoms with Crippen molar-refractivity contribution in [3.8, 4) is 23.0 Å². The van der Waals surface area contributed by atoms with Crippen LogP contribution in [0.2, 0.25) is 5.02 Å². The Morgan fingerprint density at radius 1 is 0.914 bits per heavy atom. The first-order chi connectivity index (χ1) is 17.1. The smallest absolute Gasteiger partial charge is 0.293 e. The molecule has 178 valence electrons. The minimum atomic E-state index is -0.378. The minimum Gasteiger partial charge on any atom is -0.490 e. The molecule has 7 nitrogen and oxygen atoms in total. The summed E-state index contributed by atoms with van der Waals surface area (Å²) < 4.78 is 22.1. The molecular formula is C26H20ClNO6S. The van der Waals surface area contributed by atoms with Gasteiger partial charge in [-0.1, -0.05) is 41.9 Å². The first-order valence-corrected chi connectivity index (χ1v) is 12.0. The molecule has 0 N–H and O–H groups in total. The van der Waals surface area contributed by atoms with Crippen LogP contribution in [0.1, 0.15) is 11.1 Å². The van der Waals surface area contributed by atoms with E-state index >= 15 is 0 Å². The number of carbonyl (C=O) groups excluding carboxylic acids is 2. The van der Waals surface area contributed by atoms with Gasteiger partial charge in [-0.2, -0.15) is 0 Å². The number of para-hydroxylation sites is 1. The van der Waals surface area contributed by atoms with E-state index in [4.69, 9.17) is 30.5 Å². The monoisotopic (exact) mass is 509 g/mol. The number of amides is 2. The van der Waals surface area contributed by atoms with Crippen LogP contribution in [-0.2, 0) is 11.3 Å². The van der Waals surface area contributed by atoms with Gasteiger partial charge in [-0.05, 0) is 59.3 Å². The van der Waals surface area contributed by atoms with Gasteiger partial charge in [-0.25, -0.2) is 0 Å². The Morgan fingerprint density at radius 2 is 1.63 bits per heavy atom. The fourth-order valence-corrected chi connectivity index (χ4v) is 4.62. The Kier molecular flexibility index (Phi) is 6.83. The van der Waals surface area contributed by atoms with Crippen molar-refractivity contribution in [2.45, 2.75) is 6.54 Å². The molecule has 0 bridgehead atoms. The van der Waals surface area contributed by atoms with Gasteiger partial charge < -0.3 is 18.9 Å². The second-order valence-electron chi connectivity index (χ2n) is 7.65. The van der Waals surface area contributed by atoms with E-state index in [9.17, 15) is 9.59 Å². The zero-order valence-corrected chi connectivity index (χ0v) is 20.0. The predicted octanol–water partition coefficient (Wildman–Crippen LogP) is 5.76. The van der Waals surface area contributed by atoms with Crippen LogP contribution < -0.4 is 18.9 Å². The Hall–Kier alpha value is -3.62. The Morgan fingerprint density at radius 3 is 2.43 bits per heavy atom. The number of imide groups is 1. The second-order valence-corrected chi connectivity index (χ2v) is 9.05. The van der Waals surface area contributed by atoms with Crippen LogP contribution in [0.4, 0.5) is 4.79 Å². The lowest BCUT2D eigenvalue weighted by atomic mass is 10.1. The summed E-state index contributed by atoms with van der Waals surface area (Å²) in [6, 6.07) is 20.1. The molecule has 0 spiro atoms. The fourth-order valence-electron chi connectivity index (χ4n) is 3.57. The molecule has 9 heteroatoms. The third-order valence-electron chi connectivity index (χ3n) is 5.26. The van der Waals surface area contributed by atoms with Crippen molar-refractivity contribution in [3.05, 3.63) is 87.8 Å². The average molecular weight is 510 g/mol. The van der Waals surface area contributed by atoms with Gasteiger partial charge in [-0.3, -0.25) is 14.5 Å². The number of hydrogen-bond acceptors (Lipinski definition) is 7. The predicted molar refractivity (Wildman–Crippen MR) is 133 cm³/mol. The molecular weight excluding hydrogens is 490 g/mol. The molecule has 3 aromatic rings. The second kappa shape index (κ2) is 10.3. The van der Waals surface area contributed by atoms with E-state index in [1.54, 1.807) is 18.2 Å². The van der Waals surface area contributed by atoms with Crippen molar-refractivity contribution in [1.82, 2.24) is 4.90 Å². The van der Waals surface area contributed by atoms with Crippen LogP contribution >= 0.6 is 23.4 Å². The highest BCUT2D eigenvalue weighted by Gasteiger charge is 2.35. The lowest BCUT2D eigenvalue weighted by molar-refractivity contribution is -0.123. The number of hydrogen-bond donors (Lipinski definition) is 0. The van der Waals surface area contributed by atoms with E-state index in [1.165, 1.54) is 4.90 Å². The third-order valence-corrected chi connectivity index (χ3v) is 6.52. The SMILES string of the molecule is O=C1S/C(=C/c2cccc(OCCOc3ccccc3)c2)C(=O)N1Cc1cc2c(cc1Cl)OCO2. The molecule has 35 heavy (non-hydrogen) atoms. The topological polar surface area (TPSA) is 74.3 Å². The first kappa shape index (κ1) is 23.1. The Balaban J connectivity index is 1.22. The first-order valence-electron chi connectivity index (χ1n) is 10.8. The fraction of sp³-hybridized carbons (Fsp3) is 0.154. The molecule has 5 rings (SSSR count). The van der Waals surface area contributed by atoms with Gasteiger partial charge in [0.15, 0.2) is 11.5 Å². The number of ether oxygens (including phenoxy) is 4. The molecule has 2 aliphatic heterocycles. The third kappa shape index (κ3) is 5.39. The number of thioether (sulfide) groups is 1. The molecule has 2 aliphatic rings. The van der Waals surface area contributed by atoms with E-state index in [2.05, 4.69) is 0 Å². The Bertz CT molecular complexity index is 1300. The maximum Gasteiger partial charge on any atom is 0.293 e. The summed E-state index contributed by atoms with van der Waals surface area (Å²) in [6.45, 7) is 0.922. The van der Waals surface area contributed by atoms with Crippen LogP contribution in [0.5, 0.6) is 23.0 Å². The molecule has 1 saturated heterocycles. The standard InChI is InChI=1S/C26H20ClNO6S/c27-21-14-23-22(33-16-34-23)13-18(21)15-28-25(29)24(35-26(28)30)12-17-5-4-8-20(11-17)32-10-9-31-19-6-2-1-3-7-19/h1-8,11-14H,9-10,15-16H2/b24-12+. The van der Waals surface area contributed by atoms with Gasteiger partial charge in [0.2, 0.25) is 6.79 Å². The van der Waals surface area contributed by atoms with Gasteiger partial charge in [0.1, 0.15) is 24.7 Å². The summed E-state index contributed by atoms with van der Waals surface area (Å²) in [5.74, 6) is 2.13. The number of nitrogens with zero attached hydrogens (tertiary/aromatic N) is 1. The lowest BCUT2D eigenvalue weighted by Crippen LogP contribution is -2.27. The van der Waals surface area contributed by atoms with Gasteiger partial charge in [0.25, 0.3) is 11.1 Å². The van der Waals surface area contributed by atoms with Crippen molar-refractivity contribution in [3.63, 3.8) is 0 Å². The summed E-state index contributed by atoms with van der Waals surface area (Å²) in [5.41, 5.74) is 1.35. The summed E-state index contributed by atoms with van der Waals surface area (Å²) in [4.78, 5) is 27.0. The quantitative estimate of drug-likeness (QED) is 0.282. The van der Waals surface area contributed by atoms with E-state index < -0.39 is 0 Å². The van der Waals surface area contributed by atoms with E-state index in [0.717, 1.165) is 23.1 Å². The number of carbonyl (C=O) groups is 2. The van der Waals surface area contributed by atoms with Gasteiger partial charge in [0, 0.05) is 11.1 Å². The van der Waals surface area contributed by atoms with Crippen LogP contribution in [0.15, 0.2) is 71.6 Å². The number of rotatable bonds is 8. The molecule has 0 radical (unpaired) electrons. The van der Waals surface area contributed by atoms with Crippen molar-refractivity contribution in [2.24, 2.45) is 0 Å². The minimum absolute atomic E-state index is 0.0437. The summed E-state index contributed by atoms with van der Waals surface area (Å²) in [5, 5.41) is 0.0406. The largest absolute Gasteiger partial charge is 0.490 e. The van der Waals surface area contributed by atoms with Gasteiger partial charge in [0.05, 0.1) is 11.4 Å². The van der Waals surface area contributed by atoms with Crippen LogP contribution in [0.25, 0.3) is 6.08 Å². The number of benzene rings is 3. The zero-order valence-electron chi connectivity index (χ0n) is 18.4. The zero-order chi connectivity index (χ0) is 24.2. The Labute approximate surface area is 211 Å². The average Bonchev–Trinajstić information content (AvgIpc) is 3.42. The maximum atomic E-state index is 13.0. The number of halogens is 1. The molecule has 0 aliphatic carbocycles. The van der Waals surface area contributed by atoms with Gasteiger partial charge >= 0.3 is 0 Å². The molecule has 0 unspecified atom stereocenters. The van der Waals surface area contributed by atoms with E-state index in [0.29, 0.717) is 46.0 Å². The molecule has 0 atom stereocenters. The highest BCUT2D eigenvalue weighted by molar-refractivity contribution is 8.18. The molecule has 3 aromatic carbocycles. The molecule has 2 amide bonds. The van der Waals surface area contributed by atoms with Crippen molar-refractivity contribution in [2.75, 3.05) is 20.0 Å². The summed E-state index contributed by atoms with van der Waals surface area (Å²) in [6.07, 6.45) is 1.68. The van der Waals surface area contributed by atoms with Gasteiger partial charge in [-0.15, -0.1) is 0 Å². The van der Waals surface area contributed by atoms with Crippen molar-refractivity contribution < 1.29 is 28.5 Å². The number of fused-ring (bicyclic) bond motifs is 1. The van der Waals surface area contributed by atoms with E-state index in [-0.39, 0.29) is 24.5 Å². The normalized spacial score (nSPS) is 15.7. The van der Waals surface area contributed by atoms with Crippen LogP contribution in [-0.4, -0.2) is 36.1 Å². The molecule has 0 aromatic heterocycles. The molecule has 0 saturated carbocycles. The molecule has 2 heterocycles. The van der Waals surface area contributed by atoms with Crippen molar-refractivity contribution in [1.29, 1.82) is 0 Å². The highest BCUT2D eigenvalue weighted by Crippen LogP contribution is 2.39. The highest BCUT2D eigenvalue weighted by atomic mass is 35.5. The van der Waals surface area contributed by atoms with Crippen molar-refractivity contribution >= 4 is 40.6 Å². The summed E-state index contributed by atoms with van der Waals surface area (Å²) >= 11 is 7.21. The van der Waals surface area contributed by atoms with Crippen LogP contribution in [0, 0.1) is 0 Å². The summed E-state index contributed by atoms with van der Waals surface area (Å²) in [7, 11) is 0. The maximum absolute atomic E-state index is 13.0. The lowest BCUT2D eigenvalue weighted by Gasteiger charge is -2.14. The van der Waals surface area contributed by atoms with Crippen LogP contribution in [0.3, 0.4) is 0 Å². The van der Waals surface area contributed by atoms with E-state index in [1.807, 2.05) is 54.6 Å². The molecule has 1 fully saturated rings.